The summed E-state index contributed by atoms with van der Waals surface area (Å²) in [5, 5.41) is 8.36. The number of carbonyl (C=O) groups excluding carboxylic acids is 1. The summed E-state index contributed by atoms with van der Waals surface area (Å²) in [6.45, 7) is 0.539. The Bertz CT molecular complexity index is 374. The van der Waals surface area contributed by atoms with Crippen LogP contribution < -0.4 is 0 Å². The van der Waals surface area contributed by atoms with Crippen molar-refractivity contribution in [2.24, 2.45) is 0 Å². The number of benzene rings is 1. The molecular formula is C13H16O5. The molecule has 0 radical (unpaired) electrons. The number of rotatable bonds is 8. The molecule has 0 aliphatic carbocycles. The minimum Gasteiger partial charge on any atom is -0.481 e. The molecule has 0 saturated carbocycles. The van der Waals surface area contributed by atoms with Gasteiger partial charge in [0.2, 0.25) is 0 Å². The Morgan fingerprint density at radius 3 is 2.39 bits per heavy atom. The molecule has 0 saturated heterocycles. The number of esters is 1. The van der Waals surface area contributed by atoms with E-state index >= 15 is 0 Å². The standard InChI is InChI=1S/C13H16O5/c14-12(15)6-8-17-9-7-13(16)18-10-11-4-2-1-3-5-11/h1-5H,6-10H2,(H,14,15). The van der Waals surface area contributed by atoms with Gasteiger partial charge in [-0.1, -0.05) is 30.3 Å². The fourth-order valence-corrected chi connectivity index (χ4v) is 1.23. The highest BCUT2D eigenvalue weighted by Gasteiger charge is 2.04. The molecule has 1 N–H and O–H groups in total. The molecule has 0 aliphatic heterocycles. The molecular weight excluding hydrogens is 236 g/mol. The number of hydrogen-bond donors (Lipinski definition) is 1. The lowest BCUT2D eigenvalue weighted by atomic mass is 10.2. The van der Waals surface area contributed by atoms with E-state index in [9.17, 15) is 9.59 Å². The molecule has 1 aromatic rings. The van der Waals surface area contributed by atoms with Crippen LogP contribution in [0.4, 0.5) is 0 Å². The van der Waals surface area contributed by atoms with Crippen LogP contribution in [0.2, 0.25) is 0 Å². The highest BCUT2D eigenvalue weighted by Crippen LogP contribution is 2.01. The van der Waals surface area contributed by atoms with Gasteiger partial charge in [0.15, 0.2) is 0 Å². The van der Waals surface area contributed by atoms with Gasteiger partial charge >= 0.3 is 11.9 Å². The number of carbonyl (C=O) groups is 2. The van der Waals surface area contributed by atoms with Gasteiger partial charge in [0, 0.05) is 0 Å². The number of carboxylic acids is 1. The Labute approximate surface area is 105 Å². The molecule has 0 unspecified atom stereocenters. The maximum Gasteiger partial charge on any atom is 0.308 e. The van der Waals surface area contributed by atoms with Crippen LogP contribution in [0.25, 0.3) is 0 Å². The molecule has 0 heterocycles. The summed E-state index contributed by atoms with van der Waals surface area (Å²) in [7, 11) is 0. The molecule has 0 atom stereocenters. The second-order valence-electron chi connectivity index (χ2n) is 3.65. The van der Waals surface area contributed by atoms with Crippen LogP contribution in [0.5, 0.6) is 0 Å². The first-order valence-electron chi connectivity index (χ1n) is 5.67. The van der Waals surface area contributed by atoms with Crippen LogP contribution in [0, 0.1) is 0 Å². The third kappa shape index (κ3) is 6.65. The summed E-state index contributed by atoms with van der Waals surface area (Å²) in [6, 6.07) is 9.38. The van der Waals surface area contributed by atoms with Crippen molar-refractivity contribution in [3.05, 3.63) is 35.9 Å². The van der Waals surface area contributed by atoms with Gasteiger partial charge in [0.05, 0.1) is 26.1 Å². The van der Waals surface area contributed by atoms with E-state index in [1.54, 1.807) is 0 Å². The summed E-state index contributed by atoms with van der Waals surface area (Å²) in [6.07, 6.45) is 0.0749. The van der Waals surface area contributed by atoms with Gasteiger partial charge in [0.1, 0.15) is 6.61 Å². The lowest BCUT2D eigenvalue weighted by Gasteiger charge is -2.05. The number of aliphatic carboxylic acids is 1. The van der Waals surface area contributed by atoms with E-state index in [4.69, 9.17) is 14.6 Å². The predicted octanol–water partition coefficient (Wildman–Crippen LogP) is 1.61. The molecule has 0 aliphatic rings. The Kier molecular flexibility index (Phi) is 6.50. The molecule has 0 fully saturated rings. The van der Waals surface area contributed by atoms with Crippen molar-refractivity contribution < 1.29 is 24.2 Å². The van der Waals surface area contributed by atoms with Crippen LogP contribution in [0.1, 0.15) is 18.4 Å². The van der Waals surface area contributed by atoms with Gasteiger partial charge < -0.3 is 14.6 Å². The van der Waals surface area contributed by atoms with Gasteiger partial charge in [0.25, 0.3) is 0 Å². The normalized spacial score (nSPS) is 10.0. The largest absolute Gasteiger partial charge is 0.481 e. The molecule has 0 spiro atoms. The van der Waals surface area contributed by atoms with Crippen molar-refractivity contribution in [2.45, 2.75) is 19.4 Å². The molecule has 18 heavy (non-hydrogen) atoms. The minimum atomic E-state index is -0.915. The molecule has 5 heteroatoms. The number of carboxylic acid groups (broad SMARTS) is 1. The van der Waals surface area contributed by atoms with Crippen molar-refractivity contribution in [3.63, 3.8) is 0 Å². The average molecular weight is 252 g/mol. The van der Waals surface area contributed by atoms with E-state index in [0.717, 1.165) is 5.56 Å². The predicted molar refractivity (Wildman–Crippen MR) is 63.9 cm³/mol. The quantitative estimate of drug-likeness (QED) is 0.562. The molecule has 0 aromatic heterocycles. The minimum absolute atomic E-state index is 0.0565. The first-order chi connectivity index (χ1) is 8.68. The summed E-state index contributed by atoms with van der Waals surface area (Å²) in [5.41, 5.74) is 0.928. The van der Waals surface area contributed by atoms with Crippen molar-refractivity contribution in [3.8, 4) is 0 Å². The van der Waals surface area contributed by atoms with Crippen LogP contribution >= 0.6 is 0 Å². The number of ether oxygens (including phenoxy) is 2. The lowest BCUT2D eigenvalue weighted by Crippen LogP contribution is -2.10. The van der Waals surface area contributed by atoms with E-state index in [1.807, 2.05) is 30.3 Å². The Hall–Kier alpha value is -1.88. The Balaban J connectivity index is 2.06. The molecule has 98 valence electrons. The van der Waals surface area contributed by atoms with Gasteiger partial charge in [-0.2, -0.15) is 0 Å². The smallest absolute Gasteiger partial charge is 0.308 e. The first kappa shape index (κ1) is 14.2. The summed E-state index contributed by atoms with van der Waals surface area (Å²) < 4.78 is 10.0. The first-order valence-corrected chi connectivity index (χ1v) is 5.67. The Morgan fingerprint density at radius 2 is 1.72 bits per heavy atom. The molecule has 1 rings (SSSR count). The second kappa shape index (κ2) is 8.25. The summed E-state index contributed by atoms with van der Waals surface area (Å²) in [4.78, 5) is 21.5. The fourth-order valence-electron chi connectivity index (χ4n) is 1.23. The maximum atomic E-state index is 11.3. The molecule has 5 nitrogen and oxygen atoms in total. The van der Waals surface area contributed by atoms with E-state index in [0.29, 0.717) is 0 Å². The maximum absolute atomic E-state index is 11.3. The van der Waals surface area contributed by atoms with Crippen LogP contribution in [-0.2, 0) is 25.7 Å². The topological polar surface area (TPSA) is 72.8 Å². The fraction of sp³-hybridized carbons (Fsp3) is 0.385. The van der Waals surface area contributed by atoms with Crippen molar-refractivity contribution >= 4 is 11.9 Å². The molecule has 0 amide bonds. The lowest BCUT2D eigenvalue weighted by molar-refractivity contribution is -0.146. The zero-order valence-electron chi connectivity index (χ0n) is 10.0. The zero-order chi connectivity index (χ0) is 13.2. The van der Waals surface area contributed by atoms with E-state index < -0.39 is 5.97 Å². The third-order valence-electron chi connectivity index (χ3n) is 2.15. The highest BCUT2D eigenvalue weighted by atomic mass is 16.5. The average Bonchev–Trinajstić information content (AvgIpc) is 2.37. The van der Waals surface area contributed by atoms with Crippen molar-refractivity contribution in [2.75, 3.05) is 13.2 Å². The van der Waals surface area contributed by atoms with Gasteiger partial charge in [-0.05, 0) is 5.56 Å². The van der Waals surface area contributed by atoms with Crippen LogP contribution in [0.3, 0.4) is 0 Å². The van der Waals surface area contributed by atoms with Crippen molar-refractivity contribution in [1.82, 2.24) is 0 Å². The Morgan fingerprint density at radius 1 is 1.06 bits per heavy atom. The SMILES string of the molecule is O=C(O)CCOCCC(=O)OCc1ccccc1. The van der Waals surface area contributed by atoms with Gasteiger partial charge in [-0.25, -0.2) is 0 Å². The van der Waals surface area contributed by atoms with E-state index in [2.05, 4.69) is 0 Å². The highest BCUT2D eigenvalue weighted by molar-refractivity contribution is 5.69. The third-order valence-corrected chi connectivity index (χ3v) is 2.15. The van der Waals surface area contributed by atoms with Crippen LogP contribution in [0.15, 0.2) is 30.3 Å². The van der Waals surface area contributed by atoms with Crippen molar-refractivity contribution in [1.29, 1.82) is 0 Å². The number of hydrogen-bond acceptors (Lipinski definition) is 4. The van der Waals surface area contributed by atoms with E-state index in [-0.39, 0.29) is 38.6 Å². The van der Waals surface area contributed by atoms with Gasteiger partial charge in [-0.15, -0.1) is 0 Å². The zero-order valence-corrected chi connectivity index (χ0v) is 10.0. The summed E-state index contributed by atoms with van der Waals surface area (Å²) in [5.74, 6) is -1.27. The molecule has 0 bridgehead atoms. The van der Waals surface area contributed by atoms with Crippen LogP contribution in [-0.4, -0.2) is 30.3 Å². The second-order valence-corrected chi connectivity index (χ2v) is 3.65. The summed E-state index contributed by atoms with van der Waals surface area (Å²) >= 11 is 0. The monoisotopic (exact) mass is 252 g/mol. The molecule has 1 aromatic carbocycles. The van der Waals surface area contributed by atoms with Gasteiger partial charge in [-0.3, -0.25) is 9.59 Å². The van der Waals surface area contributed by atoms with E-state index in [1.165, 1.54) is 0 Å².